The van der Waals surface area contributed by atoms with E-state index < -0.39 is 0 Å². The van der Waals surface area contributed by atoms with Crippen molar-refractivity contribution in [3.63, 3.8) is 0 Å². The molecule has 122 valence electrons. The van der Waals surface area contributed by atoms with Gasteiger partial charge in [-0.2, -0.15) is 0 Å². The fourth-order valence-corrected chi connectivity index (χ4v) is 2.76. The minimum atomic E-state index is -0.111. The van der Waals surface area contributed by atoms with E-state index in [2.05, 4.69) is 4.90 Å². The molecule has 0 aliphatic carbocycles. The van der Waals surface area contributed by atoms with Crippen LogP contribution in [-0.4, -0.2) is 49.2 Å². The number of unbranched alkanes of at least 4 members (excludes halogenated alkanes) is 2. The van der Waals surface area contributed by atoms with Crippen LogP contribution in [0.2, 0.25) is 0 Å². The lowest BCUT2D eigenvalue weighted by atomic mass is 10.0. The summed E-state index contributed by atoms with van der Waals surface area (Å²) in [6.45, 7) is 6.45. The Kier molecular flexibility index (Phi) is 9.06. The molecule has 0 aromatic heterocycles. The molecule has 1 aliphatic rings. The SMILES string of the molecule is CCOC(=O)CCCCCN1CCCCC1C(=O)OCC. The Morgan fingerprint density at radius 2 is 1.81 bits per heavy atom. The second-order valence-electron chi connectivity index (χ2n) is 5.42. The van der Waals surface area contributed by atoms with Gasteiger partial charge in [0.05, 0.1) is 13.2 Å². The van der Waals surface area contributed by atoms with E-state index in [0.29, 0.717) is 19.6 Å². The summed E-state index contributed by atoms with van der Waals surface area (Å²) in [6, 6.07) is -0.0660. The summed E-state index contributed by atoms with van der Waals surface area (Å²) in [6.07, 6.45) is 6.51. The Morgan fingerprint density at radius 3 is 2.52 bits per heavy atom. The average Bonchev–Trinajstić information content (AvgIpc) is 2.48. The van der Waals surface area contributed by atoms with Crippen LogP contribution in [0, 0.1) is 0 Å². The van der Waals surface area contributed by atoms with Gasteiger partial charge < -0.3 is 9.47 Å². The summed E-state index contributed by atoms with van der Waals surface area (Å²) < 4.78 is 10.1. The minimum Gasteiger partial charge on any atom is -0.466 e. The number of carbonyl (C=O) groups excluding carboxylic acids is 2. The van der Waals surface area contributed by atoms with Crippen LogP contribution in [0.25, 0.3) is 0 Å². The van der Waals surface area contributed by atoms with Crippen molar-refractivity contribution in [3.8, 4) is 0 Å². The largest absolute Gasteiger partial charge is 0.466 e. The lowest BCUT2D eigenvalue weighted by Crippen LogP contribution is -2.45. The van der Waals surface area contributed by atoms with Crippen LogP contribution >= 0.6 is 0 Å². The molecule has 0 aromatic rings. The second kappa shape index (κ2) is 10.6. The van der Waals surface area contributed by atoms with Crippen LogP contribution in [0.5, 0.6) is 0 Å². The van der Waals surface area contributed by atoms with Crippen LogP contribution in [-0.2, 0) is 19.1 Å². The Morgan fingerprint density at radius 1 is 1.05 bits per heavy atom. The molecule has 1 rings (SSSR count). The Labute approximate surface area is 128 Å². The highest BCUT2D eigenvalue weighted by Crippen LogP contribution is 2.19. The van der Waals surface area contributed by atoms with Gasteiger partial charge in [0.25, 0.3) is 0 Å². The Balaban J connectivity index is 2.22. The van der Waals surface area contributed by atoms with Crippen molar-refractivity contribution in [3.05, 3.63) is 0 Å². The number of carbonyl (C=O) groups is 2. The third-order valence-electron chi connectivity index (χ3n) is 3.80. The van der Waals surface area contributed by atoms with Gasteiger partial charge in [0.15, 0.2) is 0 Å². The first kappa shape index (κ1) is 18.0. The maximum atomic E-state index is 11.9. The number of ether oxygens (including phenoxy) is 2. The van der Waals surface area contributed by atoms with Gasteiger partial charge in [-0.25, -0.2) is 0 Å². The standard InChI is InChI=1S/C16H29NO4/c1-3-20-15(18)11-6-5-8-12-17-13-9-7-10-14(17)16(19)21-4-2/h14H,3-13H2,1-2H3. The van der Waals surface area contributed by atoms with E-state index in [1.807, 2.05) is 13.8 Å². The van der Waals surface area contributed by atoms with Crippen LogP contribution in [0.3, 0.4) is 0 Å². The zero-order valence-electron chi connectivity index (χ0n) is 13.4. The van der Waals surface area contributed by atoms with E-state index in [1.54, 1.807) is 0 Å². The van der Waals surface area contributed by atoms with Crippen molar-refractivity contribution >= 4 is 11.9 Å². The van der Waals surface area contributed by atoms with Crippen molar-refractivity contribution in [2.45, 2.75) is 64.8 Å². The fourth-order valence-electron chi connectivity index (χ4n) is 2.76. The van der Waals surface area contributed by atoms with Gasteiger partial charge in [-0.15, -0.1) is 0 Å². The smallest absolute Gasteiger partial charge is 0.323 e. The predicted molar refractivity (Wildman–Crippen MR) is 80.9 cm³/mol. The molecule has 1 saturated heterocycles. The molecule has 0 spiro atoms. The molecule has 1 aliphatic heterocycles. The molecular weight excluding hydrogens is 270 g/mol. The van der Waals surface area contributed by atoms with Gasteiger partial charge in [-0.3, -0.25) is 14.5 Å². The van der Waals surface area contributed by atoms with E-state index >= 15 is 0 Å². The van der Waals surface area contributed by atoms with Crippen molar-refractivity contribution in [1.29, 1.82) is 0 Å². The average molecular weight is 299 g/mol. The van der Waals surface area contributed by atoms with Crippen molar-refractivity contribution in [1.82, 2.24) is 4.90 Å². The normalized spacial score (nSPS) is 19.2. The highest BCUT2D eigenvalue weighted by atomic mass is 16.5. The molecule has 5 nitrogen and oxygen atoms in total. The Bertz CT molecular complexity index is 319. The summed E-state index contributed by atoms with van der Waals surface area (Å²) in [5.74, 6) is -0.191. The van der Waals surface area contributed by atoms with Crippen molar-refractivity contribution in [2.75, 3.05) is 26.3 Å². The molecule has 0 bridgehead atoms. The van der Waals surface area contributed by atoms with E-state index in [1.165, 1.54) is 0 Å². The summed E-state index contributed by atoms with van der Waals surface area (Å²) in [4.78, 5) is 25.4. The zero-order valence-corrected chi connectivity index (χ0v) is 13.4. The zero-order chi connectivity index (χ0) is 15.5. The predicted octanol–water partition coefficient (Wildman–Crippen LogP) is 2.53. The molecule has 1 atom stereocenters. The first-order valence-corrected chi connectivity index (χ1v) is 8.25. The summed E-state index contributed by atoms with van der Waals surface area (Å²) in [5, 5.41) is 0. The van der Waals surface area contributed by atoms with Gasteiger partial charge in [-0.1, -0.05) is 12.8 Å². The molecule has 21 heavy (non-hydrogen) atoms. The first-order valence-electron chi connectivity index (χ1n) is 8.25. The molecular formula is C16H29NO4. The van der Waals surface area contributed by atoms with Crippen LogP contribution in [0.15, 0.2) is 0 Å². The van der Waals surface area contributed by atoms with Crippen molar-refractivity contribution in [2.24, 2.45) is 0 Å². The molecule has 0 N–H and O–H groups in total. The lowest BCUT2D eigenvalue weighted by molar-refractivity contribution is -0.151. The van der Waals surface area contributed by atoms with Gasteiger partial charge in [0.1, 0.15) is 6.04 Å². The maximum Gasteiger partial charge on any atom is 0.323 e. The highest BCUT2D eigenvalue weighted by Gasteiger charge is 2.29. The van der Waals surface area contributed by atoms with Crippen molar-refractivity contribution < 1.29 is 19.1 Å². The first-order chi connectivity index (χ1) is 10.2. The number of nitrogens with zero attached hydrogens (tertiary/aromatic N) is 1. The third kappa shape index (κ3) is 6.93. The van der Waals surface area contributed by atoms with E-state index in [9.17, 15) is 9.59 Å². The molecule has 0 aromatic carbocycles. The molecule has 1 unspecified atom stereocenters. The maximum absolute atomic E-state index is 11.9. The third-order valence-corrected chi connectivity index (χ3v) is 3.80. The van der Waals surface area contributed by atoms with E-state index in [-0.39, 0.29) is 18.0 Å². The topological polar surface area (TPSA) is 55.8 Å². The molecule has 0 saturated carbocycles. The van der Waals surface area contributed by atoms with Gasteiger partial charge in [0.2, 0.25) is 0 Å². The molecule has 1 fully saturated rings. The summed E-state index contributed by atoms with van der Waals surface area (Å²) >= 11 is 0. The van der Waals surface area contributed by atoms with Gasteiger partial charge in [0, 0.05) is 6.42 Å². The number of rotatable bonds is 9. The molecule has 0 amide bonds. The number of likely N-dealkylation sites (tertiary alicyclic amines) is 1. The fraction of sp³-hybridized carbons (Fsp3) is 0.875. The van der Waals surface area contributed by atoms with E-state index in [0.717, 1.165) is 51.6 Å². The van der Waals surface area contributed by atoms with Crippen LogP contribution in [0.1, 0.15) is 58.8 Å². The second-order valence-corrected chi connectivity index (χ2v) is 5.42. The minimum absolute atomic E-state index is 0.0660. The number of hydrogen-bond acceptors (Lipinski definition) is 5. The van der Waals surface area contributed by atoms with Crippen LogP contribution < -0.4 is 0 Å². The quantitative estimate of drug-likeness (QED) is 0.484. The monoisotopic (exact) mass is 299 g/mol. The van der Waals surface area contributed by atoms with Gasteiger partial charge in [-0.05, 0) is 52.6 Å². The number of esters is 2. The molecule has 1 heterocycles. The molecule has 5 heteroatoms. The summed E-state index contributed by atoms with van der Waals surface area (Å²) in [7, 11) is 0. The summed E-state index contributed by atoms with van der Waals surface area (Å²) in [5.41, 5.74) is 0. The lowest BCUT2D eigenvalue weighted by Gasteiger charge is -2.33. The van der Waals surface area contributed by atoms with E-state index in [4.69, 9.17) is 9.47 Å². The number of hydrogen-bond donors (Lipinski definition) is 0. The Hall–Kier alpha value is -1.10. The molecule has 0 radical (unpaired) electrons. The van der Waals surface area contributed by atoms with Gasteiger partial charge >= 0.3 is 11.9 Å². The highest BCUT2D eigenvalue weighted by molar-refractivity contribution is 5.75. The van der Waals surface area contributed by atoms with Crippen LogP contribution in [0.4, 0.5) is 0 Å². The number of piperidine rings is 1.